The lowest BCUT2D eigenvalue weighted by molar-refractivity contribution is -0.139. The number of aliphatic carboxylic acids is 3. The van der Waals surface area contributed by atoms with Crippen molar-refractivity contribution in [3.05, 3.63) is 0 Å². The Morgan fingerprint density at radius 1 is 0.941 bits per heavy atom. The van der Waals surface area contributed by atoms with Gasteiger partial charge in [-0.3, -0.25) is 21.1 Å². The van der Waals surface area contributed by atoms with Crippen molar-refractivity contribution in [2.75, 3.05) is 0 Å². The third-order valence-electron chi connectivity index (χ3n) is 3.62. The number of nitrogens with two attached hydrogens (primary N) is 2. The SMILES string of the molecule is CC(=O)O.CCC.CCC(N)(N)N=NC(CC(C)(C#N)N=NC(C)(C#N)CCC(=O)O)C(=O)O. The van der Waals surface area contributed by atoms with Crippen LogP contribution in [0.25, 0.3) is 0 Å². The fourth-order valence-corrected chi connectivity index (χ4v) is 1.61. The summed E-state index contributed by atoms with van der Waals surface area (Å²) in [6.07, 6.45) is 0.629. The van der Waals surface area contributed by atoms with Crippen LogP contribution >= 0.6 is 0 Å². The van der Waals surface area contributed by atoms with Crippen LogP contribution in [0.15, 0.2) is 20.5 Å². The van der Waals surface area contributed by atoms with Gasteiger partial charge in [-0.1, -0.05) is 27.2 Å². The number of hydrogen-bond acceptors (Lipinski definition) is 11. The molecule has 0 aliphatic rings. The van der Waals surface area contributed by atoms with Crippen LogP contribution in [0.3, 0.4) is 0 Å². The number of nitrogens with zero attached hydrogens (tertiary/aromatic N) is 6. The summed E-state index contributed by atoms with van der Waals surface area (Å²) in [5, 5.41) is 58.8. The first kappa shape index (κ1) is 35.1. The summed E-state index contributed by atoms with van der Waals surface area (Å²) in [7, 11) is 0. The zero-order valence-corrected chi connectivity index (χ0v) is 20.5. The lowest BCUT2D eigenvalue weighted by atomic mass is 9.95. The summed E-state index contributed by atoms with van der Waals surface area (Å²) in [4.78, 5) is 31.1. The van der Waals surface area contributed by atoms with Gasteiger partial charge in [-0.15, -0.1) is 0 Å². The Morgan fingerprint density at radius 3 is 1.68 bits per heavy atom. The molecule has 0 amide bonds. The van der Waals surface area contributed by atoms with E-state index in [1.807, 2.05) is 12.1 Å². The quantitative estimate of drug-likeness (QED) is 0.211. The minimum absolute atomic E-state index is 0.120. The Bertz CT molecular complexity index is 798. The predicted molar refractivity (Wildman–Crippen MR) is 121 cm³/mol. The van der Waals surface area contributed by atoms with Crippen molar-refractivity contribution in [1.29, 1.82) is 10.5 Å². The summed E-state index contributed by atoms with van der Waals surface area (Å²) in [5.74, 6) is -4.84. The molecule has 0 aliphatic heterocycles. The van der Waals surface area contributed by atoms with Gasteiger partial charge in [-0.25, -0.2) is 4.79 Å². The first-order valence-corrected chi connectivity index (χ1v) is 10.4. The smallest absolute Gasteiger partial charge is 0.330 e. The summed E-state index contributed by atoms with van der Waals surface area (Å²) in [6, 6.07) is 2.20. The van der Waals surface area contributed by atoms with E-state index in [9.17, 15) is 25.2 Å². The molecule has 0 rings (SSSR count). The number of carboxylic acids is 3. The molecule has 0 aliphatic carbocycles. The third kappa shape index (κ3) is 19.2. The lowest BCUT2D eigenvalue weighted by Gasteiger charge is -2.21. The molecule has 0 fully saturated rings. The van der Waals surface area contributed by atoms with E-state index in [1.165, 1.54) is 20.3 Å². The third-order valence-corrected chi connectivity index (χ3v) is 3.62. The maximum absolute atomic E-state index is 11.4. The number of rotatable bonds is 11. The van der Waals surface area contributed by atoms with E-state index < -0.39 is 47.2 Å². The summed E-state index contributed by atoms with van der Waals surface area (Å²) in [6.45, 7) is 9.65. The molecule has 0 saturated heterocycles. The predicted octanol–water partition coefficient (Wildman–Crippen LogP) is 2.65. The number of carboxylic acid groups (broad SMARTS) is 3. The van der Waals surface area contributed by atoms with Gasteiger partial charge in [-0.2, -0.15) is 31.0 Å². The van der Waals surface area contributed by atoms with Gasteiger partial charge in [0.05, 0.1) is 12.1 Å². The fourth-order valence-electron chi connectivity index (χ4n) is 1.61. The van der Waals surface area contributed by atoms with Gasteiger partial charge in [0.2, 0.25) is 0 Å². The number of azo groups is 2. The highest BCUT2D eigenvalue weighted by atomic mass is 16.4. The second kappa shape index (κ2) is 17.0. The van der Waals surface area contributed by atoms with Crippen LogP contribution in [-0.4, -0.2) is 56.1 Å². The van der Waals surface area contributed by atoms with Crippen molar-refractivity contribution in [3.8, 4) is 12.1 Å². The van der Waals surface area contributed by atoms with Gasteiger partial charge in [0.15, 0.2) is 22.9 Å². The van der Waals surface area contributed by atoms with Crippen molar-refractivity contribution in [1.82, 2.24) is 0 Å². The van der Waals surface area contributed by atoms with Crippen LogP contribution in [0, 0.1) is 22.7 Å². The molecule has 3 unspecified atom stereocenters. The van der Waals surface area contributed by atoms with Crippen LogP contribution < -0.4 is 11.5 Å². The van der Waals surface area contributed by atoms with Gasteiger partial charge < -0.3 is 15.3 Å². The first-order chi connectivity index (χ1) is 15.5. The van der Waals surface area contributed by atoms with E-state index in [1.54, 1.807) is 6.92 Å². The highest BCUT2D eigenvalue weighted by Crippen LogP contribution is 2.24. The van der Waals surface area contributed by atoms with Gasteiger partial charge in [0, 0.05) is 19.8 Å². The first-order valence-electron chi connectivity index (χ1n) is 10.4. The van der Waals surface area contributed by atoms with E-state index in [2.05, 4.69) is 34.3 Å². The highest BCUT2D eigenvalue weighted by Gasteiger charge is 2.34. The molecule has 0 spiro atoms. The van der Waals surface area contributed by atoms with Crippen molar-refractivity contribution in [3.63, 3.8) is 0 Å². The number of carbonyl (C=O) groups is 3. The standard InChI is InChI=1S/C15H24N8O4.C3H8.C2H4O2/c1-4-15(18,19)23-20-10(12(26)27)7-14(3,9-17)22-21-13(2,8-16)6-5-11(24)25;1-3-2;1-2(3)4/h10H,4-7,18-19H2,1-3H3,(H,24,25)(H,26,27);3H2,1-2H3;1H3,(H,3,4). The molecule has 0 radical (unpaired) electrons. The fraction of sp³-hybridized carbons (Fsp3) is 0.750. The molecule has 0 saturated carbocycles. The Hall–Kier alpha value is -3.49. The monoisotopic (exact) mass is 484 g/mol. The van der Waals surface area contributed by atoms with Gasteiger partial charge in [0.1, 0.15) is 0 Å². The van der Waals surface area contributed by atoms with Crippen LogP contribution in [0.4, 0.5) is 0 Å². The van der Waals surface area contributed by atoms with E-state index in [-0.39, 0.29) is 19.3 Å². The summed E-state index contributed by atoms with van der Waals surface area (Å²) in [5.41, 5.74) is 8.06. The van der Waals surface area contributed by atoms with Crippen LogP contribution in [0.1, 0.15) is 73.6 Å². The van der Waals surface area contributed by atoms with Crippen LogP contribution in [0.2, 0.25) is 0 Å². The molecule has 0 aromatic carbocycles. The van der Waals surface area contributed by atoms with Crippen LogP contribution in [-0.2, 0) is 14.4 Å². The normalized spacial score (nSPS) is 15.2. The Kier molecular flexibility index (Phi) is 17.6. The topological polar surface area (TPSA) is 261 Å². The molecule has 0 aromatic heterocycles. The molecule has 0 heterocycles. The molecule has 3 atom stereocenters. The van der Waals surface area contributed by atoms with Gasteiger partial charge in [0.25, 0.3) is 5.97 Å². The van der Waals surface area contributed by atoms with Crippen molar-refractivity contribution in [2.45, 2.75) is 96.6 Å². The summed E-state index contributed by atoms with van der Waals surface area (Å²) < 4.78 is 0. The molecule has 0 bridgehead atoms. The molecule has 192 valence electrons. The molecule has 7 N–H and O–H groups in total. The van der Waals surface area contributed by atoms with E-state index in [4.69, 9.17) is 26.5 Å². The van der Waals surface area contributed by atoms with Crippen LogP contribution in [0.5, 0.6) is 0 Å². The minimum Gasteiger partial charge on any atom is -0.481 e. The average Bonchev–Trinajstić information content (AvgIpc) is 2.74. The second-order valence-electron chi connectivity index (χ2n) is 7.71. The number of hydrogen-bond donors (Lipinski definition) is 5. The maximum atomic E-state index is 11.4. The summed E-state index contributed by atoms with van der Waals surface area (Å²) >= 11 is 0. The zero-order chi connectivity index (χ0) is 27.6. The zero-order valence-electron chi connectivity index (χ0n) is 20.5. The highest BCUT2D eigenvalue weighted by molar-refractivity contribution is 5.73. The molecule has 14 heteroatoms. The Balaban J connectivity index is -0.00000120. The lowest BCUT2D eigenvalue weighted by Crippen LogP contribution is -2.46. The molecular weight excluding hydrogens is 448 g/mol. The molecule has 0 aromatic rings. The molecular formula is C20H36N8O6. The number of nitriles is 2. The molecule has 14 nitrogen and oxygen atoms in total. The Morgan fingerprint density at radius 2 is 1.35 bits per heavy atom. The van der Waals surface area contributed by atoms with Crippen molar-refractivity contribution >= 4 is 17.9 Å². The molecule has 34 heavy (non-hydrogen) atoms. The maximum Gasteiger partial charge on any atom is 0.330 e. The van der Waals surface area contributed by atoms with E-state index >= 15 is 0 Å². The van der Waals surface area contributed by atoms with Crippen molar-refractivity contribution in [2.24, 2.45) is 31.9 Å². The van der Waals surface area contributed by atoms with Gasteiger partial charge >= 0.3 is 11.9 Å². The minimum atomic E-state index is -1.64. The second-order valence-corrected chi connectivity index (χ2v) is 7.71. The largest absolute Gasteiger partial charge is 0.481 e. The van der Waals surface area contributed by atoms with E-state index in [0.717, 1.165) is 6.92 Å². The van der Waals surface area contributed by atoms with Crippen molar-refractivity contribution < 1.29 is 29.7 Å². The Labute approximate surface area is 199 Å². The van der Waals surface area contributed by atoms with Gasteiger partial charge in [-0.05, 0) is 26.7 Å². The average molecular weight is 485 g/mol. The van der Waals surface area contributed by atoms with E-state index in [0.29, 0.717) is 0 Å².